The first kappa shape index (κ1) is 22.8. The highest BCUT2D eigenvalue weighted by molar-refractivity contribution is 7.10. The van der Waals surface area contributed by atoms with E-state index in [1.165, 1.54) is 11.1 Å². The first-order valence-electron chi connectivity index (χ1n) is 12.0. The molecular formula is C24H26F4N6S. The van der Waals surface area contributed by atoms with E-state index in [-0.39, 0.29) is 11.6 Å². The zero-order valence-corrected chi connectivity index (χ0v) is 20.0. The van der Waals surface area contributed by atoms with Crippen molar-refractivity contribution in [2.45, 2.75) is 57.3 Å². The Morgan fingerprint density at radius 2 is 1.86 bits per heavy atom. The van der Waals surface area contributed by atoms with Gasteiger partial charge >= 0.3 is 6.18 Å². The van der Waals surface area contributed by atoms with E-state index in [0.717, 1.165) is 44.1 Å². The zero-order chi connectivity index (χ0) is 24.3. The number of nitrogens with one attached hydrogen (secondary N) is 1. The molecule has 186 valence electrons. The third-order valence-corrected chi connectivity index (χ3v) is 8.58. The maximum atomic E-state index is 14.7. The van der Waals surface area contributed by atoms with Crippen LogP contribution in [0.3, 0.4) is 0 Å². The average Bonchev–Trinajstić information content (AvgIpc) is 3.48. The summed E-state index contributed by atoms with van der Waals surface area (Å²) in [5.74, 6) is 0.826. The monoisotopic (exact) mass is 506 g/mol. The molecule has 6 rings (SSSR count). The molecule has 3 atom stereocenters. The summed E-state index contributed by atoms with van der Waals surface area (Å²) in [4.78, 5) is 7.15. The third kappa shape index (κ3) is 4.17. The van der Waals surface area contributed by atoms with Gasteiger partial charge in [-0.3, -0.25) is 0 Å². The summed E-state index contributed by atoms with van der Waals surface area (Å²) in [5.41, 5.74) is 0.309. The number of hydrogen-bond acceptors (Lipinski definition) is 6. The lowest BCUT2D eigenvalue weighted by atomic mass is 9.90. The van der Waals surface area contributed by atoms with Crippen LogP contribution in [-0.2, 0) is 12.7 Å². The summed E-state index contributed by atoms with van der Waals surface area (Å²) in [6.07, 6.45) is -0.902. The maximum Gasteiger partial charge on any atom is 0.416 e. The van der Waals surface area contributed by atoms with Gasteiger partial charge in [0.15, 0.2) is 0 Å². The molecule has 3 unspecified atom stereocenters. The van der Waals surface area contributed by atoms with Crippen molar-refractivity contribution in [2.75, 3.05) is 23.3 Å². The van der Waals surface area contributed by atoms with Crippen LogP contribution in [0.4, 0.5) is 28.5 Å². The Morgan fingerprint density at radius 3 is 2.51 bits per heavy atom. The number of piperidine rings is 1. The molecule has 1 saturated heterocycles. The number of aryl methyl sites for hydroxylation is 2. The van der Waals surface area contributed by atoms with Crippen molar-refractivity contribution >= 4 is 22.5 Å². The van der Waals surface area contributed by atoms with E-state index in [0.29, 0.717) is 42.6 Å². The second kappa shape index (κ2) is 8.46. The second-order valence-electron chi connectivity index (χ2n) is 9.92. The lowest BCUT2D eigenvalue weighted by molar-refractivity contribution is -0.137. The molecule has 35 heavy (non-hydrogen) atoms. The number of anilines is 2. The Labute approximate surface area is 204 Å². The van der Waals surface area contributed by atoms with Gasteiger partial charge in [0.2, 0.25) is 5.95 Å². The van der Waals surface area contributed by atoms with Gasteiger partial charge in [-0.25, -0.2) is 9.07 Å². The van der Waals surface area contributed by atoms with E-state index in [1.807, 2.05) is 6.92 Å². The molecule has 0 radical (unpaired) electrons. The Bertz CT molecular complexity index is 1220. The minimum Gasteiger partial charge on any atom is -0.361 e. The lowest BCUT2D eigenvalue weighted by Gasteiger charge is -2.38. The summed E-state index contributed by atoms with van der Waals surface area (Å²) in [6.45, 7) is 4.60. The SMILES string of the molecule is Cc1cc(N2CC3CCC(C2)C3Nc2nc3n(n2)CCCC3c2ccc(C(F)(F)F)cc2F)sn1. The van der Waals surface area contributed by atoms with Crippen molar-refractivity contribution in [1.29, 1.82) is 0 Å². The van der Waals surface area contributed by atoms with Gasteiger partial charge in [0, 0.05) is 31.6 Å². The van der Waals surface area contributed by atoms with Crippen LogP contribution in [0, 0.1) is 24.6 Å². The standard InChI is InChI=1S/C24H26F4N6S/c1-13-9-20(35-32-13)33-11-14-4-5-15(12-33)21(14)29-23-30-22-18(3-2-8-34(22)31-23)17-7-6-16(10-19(17)25)24(26,27)28/h6-7,9-10,14-15,18,21H,2-5,8,11-12H2,1H3,(H,29,31). The predicted molar refractivity (Wildman–Crippen MR) is 125 cm³/mol. The van der Waals surface area contributed by atoms with Gasteiger partial charge in [-0.15, -0.1) is 5.10 Å². The van der Waals surface area contributed by atoms with Crippen molar-refractivity contribution in [2.24, 2.45) is 11.8 Å². The van der Waals surface area contributed by atoms with Gasteiger partial charge in [0.25, 0.3) is 0 Å². The van der Waals surface area contributed by atoms with Crippen molar-refractivity contribution in [1.82, 2.24) is 19.1 Å². The quantitative estimate of drug-likeness (QED) is 0.477. The summed E-state index contributed by atoms with van der Waals surface area (Å²) >= 11 is 1.55. The maximum absolute atomic E-state index is 14.7. The average molecular weight is 507 g/mol. The first-order chi connectivity index (χ1) is 16.8. The fraction of sp³-hybridized carbons (Fsp3) is 0.542. The van der Waals surface area contributed by atoms with Crippen LogP contribution in [0.15, 0.2) is 24.3 Å². The van der Waals surface area contributed by atoms with Crippen LogP contribution >= 0.6 is 11.5 Å². The van der Waals surface area contributed by atoms with Crippen LogP contribution in [0.2, 0.25) is 0 Å². The van der Waals surface area contributed by atoms with Gasteiger partial charge in [-0.05, 0) is 79.7 Å². The fourth-order valence-electron chi connectivity index (χ4n) is 5.98. The van der Waals surface area contributed by atoms with Crippen LogP contribution in [0.5, 0.6) is 0 Å². The summed E-state index contributed by atoms with van der Waals surface area (Å²) in [7, 11) is 0. The highest BCUT2D eigenvalue weighted by atomic mass is 32.1. The highest BCUT2D eigenvalue weighted by Crippen LogP contribution is 2.42. The van der Waals surface area contributed by atoms with Gasteiger partial charge in [-0.1, -0.05) is 6.07 Å². The number of halogens is 4. The minimum absolute atomic E-state index is 0.242. The second-order valence-corrected chi connectivity index (χ2v) is 10.7. The van der Waals surface area contributed by atoms with Crippen LogP contribution < -0.4 is 10.2 Å². The minimum atomic E-state index is -4.57. The molecule has 3 aliphatic rings. The summed E-state index contributed by atoms with van der Waals surface area (Å²) in [6, 6.07) is 5.19. The van der Waals surface area contributed by atoms with E-state index in [1.54, 1.807) is 16.2 Å². The molecule has 2 bridgehead atoms. The van der Waals surface area contributed by atoms with E-state index >= 15 is 0 Å². The first-order valence-corrected chi connectivity index (χ1v) is 12.8. The molecule has 2 aromatic heterocycles. The third-order valence-electron chi connectivity index (χ3n) is 7.63. The predicted octanol–water partition coefficient (Wildman–Crippen LogP) is 5.45. The number of nitrogens with zero attached hydrogens (tertiary/aromatic N) is 5. The number of rotatable bonds is 4. The summed E-state index contributed by atoms with van der Waals surface area (Å²) < 4.78 is 59.9. The summed E-state index contributed by atoms with van der Waals surface area (Å²) in [5, 5.41) is 9.44. The van der Waals surface area contributed by atoms with Crippen LogP contribution in [-0.4, -0.2) is 38.3 Å². The van der Waals surface area contributed by atoms with Gasteiger partial charge in [0.05, 0.1) is 11.3 Å². The number of alkyl halides is 3. The highest BCUT2D eigenvalue weighted by Gasteiger charge is 2.43. The smallest absolute Gasteiger partial charge is 0.361 e. The van der Waals surface area contributed by atoms with E-state index in [2.05, 4.69) is 25.8 Å². The number of fused-ring (bicyclic) bond motifs is 3. The number of aromatic nitrogens is 4. The Morgan fingerprint density at radius 1 is 1.09 bits per heavy atom. The molecule has 1 aromatic carbocycles. The number of hydrogen-bond donors (Lipinski definition) is 1. The Kier molecular flexibility index (Phi) is 5.50. The van der Waals surface area contributed by atoms with E-state index in [9.17, 15) is 17.6 Å². The van der Waals surface area contributed by atoms with Gasteiger partial charge in [-0.2, -0.15) is 22.5 Å². The molecular weight excluding hydrogens is 480 g/mol. The van der Waals surface area contributed by atoms with Crippen molar-refractivity contribution in [3.8, 4) is 0 Å². The van der Waals surface area contributed by atoms with E-state index < -0.39 is 23.5 Å². The van der Waals surface area contributed by atoms with Crippen molar-refractivity contribution in [3.05, 3.63) is 52.7 Å². The van der Waals surface area contributed by atoms with Crippen LogP contribution in [0.1, 0.15) is 54.2 Å². The Hall–Kier alpha value is -2.69. The zero-order valence-electron chi connectivity index (χ0n) is 19.2. The van der Waals surface area contributed by atoms with Gasteiger partial charge in [0.1, 0.15) is 16.6 Å². The largest absolute Gasteiger partial charge is 0.416 e. The molecule has 0 amide bonds. The van der Waals surface area contributed by atoms with Crippen molar-refractivity contribution in [3.63, 3.8) is 0 Å². The van der Waals surface area contributed by atoms with Gasteiger partial charge < -0.3 is 10.2 Å². The van der Waals surface area contributed by atoms with E-state index in [4.69, 9.17) is 4.98 Å². The van der Waals surface area contributed by atoms with Crippen LogP contribution in [0.25, 0.3) is 0 Å². The molecule has 2 fully saturated rings. The molecule has 0 spiro atoms. The normalized spacial score (nSPS) is 26.1. The molecule has 4 heterocycles. The molecule has 1 saturated carbocycles. The molecule has 2 aliphatic heterocycles. The van der Waals surface area contributed by atoms with Crippen molar-refractivity contribution < 1.29 is 17.6 Å². The molecule has 1 N–H and O–H groups in total. The fourth-order valence-corrected chi connectivity index (χ4v) is 6.76. The molecule has 11 heteroatoms. The molecule has 3 aromatic rings. The Balaban J connectivity index is 1.21. The topological polar surface area (TPSA) is 58.9 Å². The molecule has 6 nitrogen and oxygen atoms in total. The number of benzene rings is 1. The molecule has 1 aliphatic carbocycles. The lowest BCUT2D eigenvalue weighted by Crippen LogP contribution is -2.48.